The van der Waals surface area contributed by atoms with Crippen molar-refractivity contribution in [1.29, 1.82) is 0 Å². The molecule has 12 rings (SSSR count). The number of nitrogens with zero attached hydrogens (tertiary/aromatic N) is 2. The lowest BCUT2D eigenvalue weighted by atomic mass is 10.0. The largest absolute Gasteiger partial charge is 0.438 e. The van der Waals surface area contributed by atoms with Gasteiger partial charge in [0.1, 0.15) is 0 Å². The Morgan fingerprint density at radius 3 is 1.95 bits per heavy atom. The molecule has 0 saturated carbocycles. The highest BCUT2D eigenvalue weighted by molar-refractivity contribution is 7.25. The van der Waals surface area contributed by atoms with E-state index in [0.29, 0.717) is 0 Å². The minimum atomic E-state index is 0.867. The molecule has 0 N–H and O–H groups in total. The maximum absolute atomic E-state index is 6.74. The Balaban J connectivity index is 0.985. The van der Waals surface area contributed by atoms with E-state index in [2.05, 4.69) is 203 Å². The Hall–Kier alpha value is -7.14. The first-order valence-electron chi connectivity index (χ1n) is 19.0. The van der Waals surface area contributed by atoms with Gasteiger partial charge in [-0.2, -0.15) is 0 Å². The van der Waals surface area contributed by atoms with Gasteiger partial charge in [0.25, 0.3) is 0 Å². The van der Waals surface area contributed by atoms with E-state index in [4.69, 9.17) is 4.42 Å². The molecule has 0 aliphatic heterocycles. The minimum absolute atomic E-state index is 0.867. The van der Waals surface area contributed by atoms with Crippen LogP contribution < -0.4 is 4.90 Å². The summed E-state index contributed by atoms with van der Waals surface area (Å²) in [5, 5.41) is 8.77. The third-order valence-corrected chi connectivity index (χ3v) is 12.5. The molecule has 4 heteroatoms. The van der Waals surface area contributed by atoms with Crippen LogP contribution in [0.1, 0.15) is 0 Å². The van der Waals surface area contributed by atoms with E-state index in [1.54, 1.807) is 0 Å². The fourth-order valence-corrected chi connectivity index (χ4v) is 9.83. The first-order valence-corrected chi connectivity index (χ1v) is 19.8. The van der Waals surface area contributed by atoms with E-state index in [0.717, 1.165) is 61.6 Å². The molecule has 0 spiro atoms. The first kappa shape index (κ1) is 31.2. The molecule has 0 amide bonds. The van der Waals surface area contributed by atoms with Gasteiger partial charge in [-0.25, -0.2) is 0 Å². The number of thiophene rings is 1. The van der Waals surface area contributed by atoms with Crippen LogP contribution in [-0.2, 0) is 0 Å². The van der Waals surface area contributed by atoms with Gasteiger partial charge in [0, 0.05) is 42.6 Å². The van der Waals surface area contributed by atoms with E-state index in [1.165, 1.54) is 47.1 Å². The van der Waals surface area contributed by atoms with Gasteiger partial charge >= 0.3 is 0 Å². The molecule has 12 aromatic rings. The molecule has 0 atom stereocenters. The number of hydrogen-bond donors (Lipinski definition) is 0. The number of para-hydroxylation sites is 1. The second-order valence-corrected chi connectivity index (χ2v) is 15.6. The van der Waals surface area contributed by atoms with Crippen LogP contribution >= 0.6 is 11.3 Å². The van der Waals surface area contributed by atoms with Crippen LogP contribution in [0.15, 0.2) is 199 Å². The van der Waals surface area contributed by atoms with Gasteiger partial charge in [-0.3, -0.25) is 4.40 Å². The average molecular weight is 733 g/mol. The van der Waals surface area contributed by atoms with Crippen LogP contribution in [0.3, 0.4) is 0 Å². The predicted molar refractivity (Wildman–Crippen MR) is 238 cm³/mol. The van der Waals surface area contributed by atoms with E-state index in [-0.39, 0.29) is 0 Å². The molecule has 0 fully saturated rings. The smallest absolute Gasteiger partial charge is 0.213 e. The van der Waals surface area contributed by atoms with Gasteiger partial charge in [0.05, 0.1) is 16.6 Å². The fourth-order valence-electron chi connectivity index (χ4n) is 8.74. The molecule has 0 radical (unpaired) electrons. The predicted octanol–water partition coefficient (Wildman–Crippen LogP) is 15.3. The lowest BCUT2D eigenvalue weighted by molar-refractivity contribution is 0.658. The summed E-state index contributed by atoms with van der Waals surface area (Å²) in [6.45, 7) is 0. The molecule has 3 aromatic heterocycles. The van der Waals surface area contributed by atoms with Crippen LogP contribution in [0.4, 0.5) is 17.1 Å². The SMILES string of the molecule is c1ccc(-c2c3ccccc3n3c2oc2cc(-c4ccc(N(c5ccc6c(ccc7ccccc76)c5)c5ccc6sc7ccccc7c6c5)cc4)ccc23)cc1. The average Bonchev–Trinajstić information content (AvgIpc) is 3.92. The van der Waals surface area contributed by atoms with Crippen LogP contribution in [0.25, 0.3) is 91.7 Å². The minimum Gasteiger partial charge on any atom is -0.438 e. The Labute approximate surface area is 326 Å². The van der Waals surface area contributed by atoms with Crippen molar-refractivity contribution in [2.45, 2.75) is 0 Å². The highest BCUT2D eigenvalue weighted by atomic mass is 32.1. The normalized spacial score (nSPS) is 11.9. The molecular formula is C52H32N2OS. The quantitative estimate of drug-likeness (QED) is 0.164. The molecular weight excluding hydrogens is 701 g/mol. The summed E-state index contributed by atoms with van der Waals surface area (Å²) in [4.78, 5) is 2.39. The van der Waals surface area contributed by atoms with Crippen molar-refractivity contribution in [2.75, 3.05) is 4.90 Å². The summed E-state index contributed by atoms with van der Waals surface area (Å²) < 4.78 is 11.6. The molecule has 56 heavy (non-hydrogen) atoms. The highest BCUT2D eigenvalue weighted by Gasteiger charge is 2.20. The zero-order valence-electron chi connectivity index (χ0n) is 30.2. The molecule has 0 unspecified atom stereocenters. The standard InChI is InChI=1S/C52H32N2OS/c1-2-11-35(12-3-1)51-44-15-6-8-16-46(44)54-47-28-22-36(31-48(47)55-52(51)54)33-20-23-38(24-21-33)53(40-26-29-50-45(32-40)43-14-7-9-17-49(43)56-50)39-25-27-42-37(30-39)19-18-34-10-4-5-13-41(34)42/h1-32H. The lowest BCUT2D eigenvalue weighted by Crippen LogP contribution is -2.09. The van der Waals surface area contributed by atoms with Crippen molar-refractivity contribution in [3.05, 3.63) is 194 Å². The molecule has 262 valence electrons. The van der Waals surface area contributed by atoms with Crippen molar-refractivity contribution >= 4 is 97.8 Å². The Kier molecular flexibility index (Phi) is 6.80. The van der Waals surface area contributed by atoms with Gasteiger partial charge in [-0.05, 0) is 105 Å². The number of fused-ring (bicyclic) bond motifs is 11. The summed E-state index contributed by atoms with van der Waals surface area (Å²) in [5.41, 5.74) is 11.8. The Morgan fingerprint density at radius 2 is 1.05 bits per heavy atom. The van der Waals surface area contributed by atoms with Crippen LogP contribution in [0.2, 0.25) is 0 Å². The number of hydrogen-bond acceptors (Lipinski definition) is 3. The monoisotopic (exact) mass is 732 g/mol. The number of anilines is 3. The maximum Gasteiger partial charge on any atom is 0.213 e. The van der Waals surface area contributed by atoms with Gasteiger partial charge in [-0.1, -0.05) is 127 Å². The van der Waals surface area contributed by atoms with Crippen molar-refractivity contribution in [1.82, 2.24) is 4.40 Å². The maximum atomic E-state index is 6.74. The van der Waals surface area contributed by atoms with Gasteiger partial charge < -0.3 is 9.32 Å². The van der Waals surface area contributed by atoms with Gasteiger partial charge in [0.15, 0.2) is 5.58 Å². The zero-order chi connectivity index (χ0) is 36.7. The summed E-state index contributed by atoms with van der Waals surface area (Å²) in [7, 11) is 0. The molecule has 3 nitrogen and oxygen atoms in total. The summed E-state index contributed by atoms with van der Waals surface area (Å²) in [6, 6.07) is 70.2. The van der Waals surface area contributed by atoms with Crippen LogP contribution in [-0.4, -0.2) is 4.40 Å². The van der Waals surface area contributed by atoms with Crippen molar-refractivity contribution < 1.29 is 4.42 Å². The summed E-state index contributed by atoms with van der Waals surface area (Å²) in [6.07, 6.45) is 0. The molecule has 0 saturated heterocycles. The highest BCUT2D eigenvalue weighted by Crippen LogP contribution is 2.43. The Bertz CT molecular complexity index is 3480. The van der Waals surface area contributed by atoms with Crippen LogP contribution in [0.5, 0.6) is 0 Å². The summed E-state index contributed by atoms with van der Waals surface area (Å²) in [5.74, 6) is 0. The van der Waals surface area contributed by atoms with E-state index in [1.807, 2.05) is 11.3 Å². The van der Waals surface area contributed by atoms with Crippen molar-refractivity contribution in [3.8, 4) is 22.3 Å². The Morgan fingerprint density at radius 1 is 0.393 bits per heavy atom. The first-order chi connectivity index (χ1) is 27.7. The van der Waals surface area contributed by atoms with Crippen molar-refractivity contribution in [2.24, 2.45) is 0 Å². The van der Waals surface area contributed by atoms with Crippen LogP contribution in [0, 0.1) is 0 Å². The topological polar surface area (TPSA) is 20.8 Å². The van der Waals surface area contributed by atoms with Gasteiger partial charge in [-0.15, -0.1) is 11.3 Å². The third kappa shape index (κ3) is 4.76. The number of benzene rings is 9. The van der Waals surface area contributed by atoms with Crippen molar-refractivity contribution in [3.63, 3.8) is 0 Å². The van der Waals surface area contributed by atoms with E-state index >= 15 is 0 Å². The van der Waals surface area contributed by atoms with E-state index in [9.17, 15) is 0 Å². The molecule has 0 aliphatic rings. The summed E-state index contributed by atoms with van der Waals surface area (Å²) >= 11 is 1.85. The second kappa shape index (κ2) is 12.2. The molecule has 3 heterocycles. The fraction of sp³-hybridized carbons (Fsp3) is 0. The molecule has 0 aliphatic carbocycles. The number of rotatable bonds is 5. The zero-order valence-corrected chi connectivity index (χ0v) is 31.0. The lowest BCUT2D eigenvalue weighted by Gasteiger charge is -2.26. The number of oxazole rings is 1. The molecule has 0 bridgehead atoms. The number of aromatic nitrogens is 1. The second-order valence-electron chi connectivity index (χ2n) is 14.5. The van der Waals surface area contributed by atoms with E-state index < -0.39 is 0 Å². The third-order valence-electron chi connectivity index (χ3n) is 11.4. The molecule has 9 aromatic carbocycles. The van der Waals surface area contributed by atoms with Gasteiger partial charge in [0.2, 0.25) is 5.71 Å².